The lowest BCUT2D eigenvalue weighted by Gasteiger charge is -2.12. The third-order valence-electron chi connectivity index (χ3n) is 4.37. The summed E-state index contributed by atoms with van der Waals surface area (Å²) in [6, 6.07) is 21.0. The molecule has 0 bridgehead atoms. The molecule has 10 heteroatoms. The highest BCUT2D eigenvalue weighted by atomic mass is 32.2. The van der Waals surface area contributed by atoms with Crippen LogP contribution in [0.25, 0.3) is 0 Å². The number of benzene rings is 3. The summed E-state index contributed by atoms with van der Waals surface area (Å²) >= 11 is 0. The van der Waals surface area contributed by atoms with Gasteiger partial charge in [-0.2, -0.15) is 0 Å². The van der Waals surface area contributed by atoms with Crippen molar-refractivity contribution in [2.75, 3.05) is 0 Å². The van der Waals surface area contributed by atoms with Crippen LogP contribution >= 0.6 is 0 Å². The van der Waals surface area contributed by atoms with Gasteiger partial charge in [-0.05, 0) is 42.0 Å². The molecule has 0 aliphatic heterocycles. The molecule has 0 atom stereocenters. The molecule has 3 aromatic carbocycles. The molecule has 1 aromatic heterocycles. The fourth-order valence-electron chi connectivity index (χ4n) is 2.87. The first-order valence-electron chi connectivity index (χ1n) is 9.41. The number of sulfone groups is 1. The van der Waals surface area contributed by atoms with Gasteiger partial charge < -0.3 is 9.47 Å². The van der Waals surface area contributed by atoms with E-state index in [9.17, 15) is 18.0 Å². The quantitative estimate of drug-likeness (QED) is 0.442. The Kier molecular flexibility index (Phi) is 5.86. The predicted molar refractivity (Wildman–Crippen MR) is 115 cm³/mol. The minimum Gasteiger partial charge on any atom is -0.488 e. The van der Waals surface area contributed by atoms with Crippen LogP contribution < -0.4 is 20.9 Å². The second kappa shape index (κ2) is 8.90. The highest BCUT2D eigenvalue weighted by Crippen LogP contribution is 2.31. The van der Waals surface area contributed by atoms with Gasteiger partial charge in [0.05, 0.1) is 4.90 Å². The van der Waals surface area contributed by atoms with Crippen molar-refractivity contribution < 1.29 is 17.9 Å². The van der Waals surface area contributed by atoms with Gasteiger partial charge in [-0.25, -0.2) is 18.0 Å². The number of hydrogen-bond acceptors (Lipinski definition) is 7. The van der Waals surface area contributed by atoms with E-state index >= 15 is 0 Å². The smallest absolute Gasteiger partial charge is 0.353 e. The van der Waals surface area contributed by atoms with Gasteiger partial charge in [0.15, 0.2) is 0 Å². The summed E-state index contributed by atoms with van der Waals surface area (Å²) in [6.07, 6.45) is 0. The lowest BCUT2D eigenvalue weighted by molar-refractivity contribution is 0.298. The molecule has 9 nitrogen and oxygen atoms in total. The van der Waals surface area contributed by atoms with Crippen molar-refractivity contribution in [3.63, 3.8) is 0 Å². The highest BCUT2D eigenvalue weighted by Gasteiger charge is 2.22. The van der Waals surface area contributed by atoms with Crippen molar-refractivity contribution >= 4 is 9.84 Å². The van der Waals surface area contributed by atoms with Crippen molar-refractivity contribution in [3.05, 3.63) is 105 Å². The molecule has 0 radical (unpaired) electrons. The van der Waals surface area contributed by atoms with Gasteiger partial charge in [0.1, 0.15) is 23.0 Å². The van der Waals surface area contributed by atoms with Crippen LogP contribution in [-0.2, 0) is 16.4 Å². The van der Waals surface area contributed by atoms with Crippen LogP contribution in [0.5, 0.6) is 17.5 Å². The van der Waals surface area contributed by atoms with Crippen LogP contribution in [0.3, 0.4) is 0 Å². The minimum atomic E-state index is -3.89. The Hall–Kier alpha value is -4.18. The normalized spacial score (nSPS) is 11.1. The van der Waals surface area contributed by atoms with E-state index in [4.69, 9.17) is 9.47 Å². The van der Waals surface area contributed by atoms with Crippen LogP contribution in [0.4, 0.5) is 0 Å². The molecule has 0 spiro atoms. The van der Waals surface area contributed by atoms with E-state index in [1.807, 2.05) is 35.3 Å². The summed E-state index contributed by atoms with van der Waals surface area (Å²) < 4.78 is 37.5. The van der Waals surface area contributed by atoms with Crippen molar-refractivity contribution in [2.45, 2.75) is 16.4 Å². The molecule has 1 heterocycles. The van der Waals surface area contributed by atoms with Crippen LogP contribution in [0.2, 0.25) is 0 Å². The average Bonchev–Trinajstić information content (AvgIpc) is 2.78. The summed E-state index contributed by atoms with van der Waals surface area (Å²) in [4.78, 5) is 30.2. The van der Waals surface area contributed by atoms with E-state index in [1.54, 1.807) is 18.2 Å². The Labute approximate surface area is 182 Å². The SMILES string of the molecule is O=c1nc(Oc2ccc(S(=O)(=O)c3ccccc3OCc3ccccc3)cc2)[nH]c(=O)[nH]1. The van der Waals surface area contributed by atoms with E-state index in [0.29, 0.717) is 0 Å². The first-order valence-corrected chi connectivity index (χ1v) is 10.9. The molecule has 0 aliphatic rings. The summed E-state index contributed by atoms with van der Waals surface area (Å²) in [5, 5.41) is 0. The fourth-order valence-corrected chi connectivity index (χ4v) is 4.27. The van der Waals surface area contributed by atoms with Gasteiger partial charge in [-0.1, -0.05) is 42.5 Å². The van der Waals surface area contributed by atoms with Crippen molar-refractivity contribution in [2.24, 2.45) is 0 Å². The van der Waals surface area contributed by atoms with Crippen LogP contribution in [0.15, 0.2) is 98.2 Å². The van der Waals surface area contributed by atoms with E-state index < -0.39 is 21.2 Å². The number of nitrogens with one attached hydrogen (secondary N) is 2. The molecule has 0 saturated heterocycles. The molecular formula is C22H17N3O6S. The molecule has 4 rings (SSSR count). The van der Waals surface area contributed by atoms with E-state index in [-0.39, 0.29) is 33.9 Å². The predicted octanol–water partition coefficient (Wildman–Crippen LogP) is 2.66. The van der Waals surface area contributed by atoms with Crippen LogP contribution in [0, 0.1) is 0 Å². The molecule has 0 unspecified atom stereocenters. The lowest BCUT2D eigenvalue weighted by atomic mass is 10.2. The van der Waals surface area contributed by atoms with Crippen molar-refractivity contribution in [1.82, 2.24) is 15.0 Å². The number of para-hydroxylation sites is 1. The Morgan fingerprint density at radius 1 is 0.812 bits per heavy atom. The molecular weight excluding hydrogens is 434 g/mol. The molecule has 0 amide bonds. The molecule has 0 saturated carbocycles. The standard InChI is InChI=1S/C22H17N3O6S/c26-20-23-21(27)25-22(24-20)31-16-10-12-17(13-11-16)32(28,29)19-9-5-4-8-18(19)30-14-15-6-2-1-3-7-15/h1-13H,14H2,(H2,23,24,25,26,27). The monoisotopic (exact) mass is 451 g/mol. The largest absolute Gasteiger partial charge is 0.488 e. The van der Waals surface area contributed by atoms with Gasteiger partial charge in [-0.15, -0.1) is 4.98 Å². The Balaban J connectivity index is 1.57. The number of rotatable bonds is 7. The summed E-state index contributed by atoms with van der Waals surface area (Å²) in [6.45, 7) is 0.224. The maximum atomic E-state index is 13.2. The van der Waals surface area contributed by atoms with Crippen molar-refractivity contribution in [1.29, 1.82) is 0 Å². The minimum absolute atomic E-state index is 0.0213. The second-order valence-corrected chi connectivity index (χ2v) is 8.52. The molecule has 0 fully saturated rings. The second-order valence-electron chi connectivity index (χ2n) is 6.60. The van der Waals surface area contributed by atoms with E-state index in [0.717, 1.165) is 5.56 Å². The number of aromatic nitrogens is 3. The Bertz CT molecular complexity index is 1420. The van der Waals surface area contributed by atoms with Crippen LogP contribution in [0.1, 0.15) is 5.56 Å². The Morgan fingerprint density at radius 3 is 2.22 bits per heavy atom. The van der Waals surface area contributed by atoms with Gasteiger partial charge in [0, 0.05) is 0 Å². The third-order valence-corrected chi connectivity index (χ3v) is 6.18. The van der Waals surface area contributed by atoms with Crippen molar-refractivity contribution in [3.8, 4) is 17.5 Å². The first kappa shape index (κ1) is 21.1. The third kappa shape index (κ3) is 4.76. The van der Waals surface area contributed by atoms with E-state index in [2.05, 4.69) is 9.97 Å². The molecule has 32 heavy (non-hydrogen) atoms. The maximum absolute atomic E-state index is 13.2. The average molecular weight is 451 g/mol. The Morgan fingerprint density at radius 2 is 1.50 bits per heavy atom. The number of aromatic amines is 2. The summed E-state index contributed by atoms with van der Waals surface area (Å²) in [5.41, 5.74) is -0.728. The number of H-pyrrole nitrogens is 2. The zero-order chi connectivity index (χ0) is 22.6. The summed E-state index contributed by atoms with van der Waals surface area (Å²) in [5.74, 6) is 0.424. The number of nitrogens with zero attached hydrogens (tertiary/aromatic N) is 1. The fraction of sp³-hybridized carbons (Fsp3) is 0.0455. The van der Waals surface area contributed by atoms with Gasteiger partial charge in [0.2, 0.25) is 9.84 Å². The van der Waals surface area contributed by atoms with E-state index in [1.165, 1.54) is 30.3 Å². The lowest BCUT2D eigenvalue weighted by Crippen LogP contribution is -2.24. The zero-order valence-corrected chi connectivity index (χ0v) is 17.3. The van der Waals surface area contributed by atoms with Gasteiger partial charge in [-0.3, -0.25) is 9.97 Å². The first-order chi connectivity index (χ1) is 15.4. The van der Waals surface area contributed by atoms with Crippen LogP contribution in [-0.4, -0.2) is 23.4 Å². The maximum Gasteiger partial charge on any atom is 0.353 e. The summed E-state index contributed by atoms with van der Waals surface area (Å²) in [7, 11) is -3.89. The van der Waals surface area contributed by atoms with Gasteiger partial charge >= 0.3 is 17.4 Å². The van der Waals surface area contributed by atoms with Gasteiger partial charge in [0.25, 0.3) is 0 Å². The molecule has 2 N–H and O–H groups in total. The topological polar surface area (TPSA) is 131 Å². The zero-order valence-electron chi connectivity index (χ0n) is 16.5. The number of ether oxygens (including phenoxy) is 2. The molecule has 162 valence electrons. The highest BCUT2D eigenvalue weighted by molar-refractivity contribution is 7.91. The molecule has 4 aromatic rings. The molecule has 0 aliphatic carbocycles. The number of hydrogen-bond donors (Lipinski definition) is 2.